The first-order chi connectivity index (χ1) is 29.8. The standard InChI is InChI=1S/C56H34N4/c1-3-14-35(15-4-1)37-18-11-19-38(32-37)48-34-47(36-16-5-2-6-17-36)57-56(58-48)39-20-12-21-40(33-39)59-50-27-10-8-23-45(50)53-42-29-31-52-54(43(42)28-30-51(53)59)46-25-13-24-44-41-22-7-9-26-49(41)60(52)55(44)46/h1-34H. The van der Waals surface area contributed by atoms with Crippen LogP contribution in [0.25, 0.3) is 121 Å². The van der Waals surface area contributed by atoms with Gasteiger partial charge in [0, 0.05) is 54.7 Å². The van der Waals surface area contributed by atoms with Crippen molar-refractivity contribution in [1.82, 2.24) is 18.9 Å². The van der Waals surface area contributed by atoms with Crippen molar-refractivity contribution in [3.05, 3.63) is 206 Å². The number of nitrogens with zero attached hydrogens (tertiary/aromatic N) is 4. The van der Waals surface area contributed by atoms with E-state index in [1.165, 1.54) is 70.7 Å². The molecule has 0 spiro atoms. The molecule has 0 atom stereocenters. The lowest BCUT2D eigenvalue weighted by molar-refractivity contribution is 1.16. The van der Waals surface area contributed by atoms with Gasteiger partial charge in [0.2, 0.25) is 0 Å². The molecule has 0 radical (unpaired) electrons. The highest BCUT2D eigenvalue weighted by Gasteiger charge is 2.22. The van der Waals surface area contributed by atoms with Crippen LogP contribution in [0.3, 0.4) is 0 Å². The predicted molar refractivity (Wildman–Crippen MR) is 250 cm³/mol. The topological polar surface area (TPSA) is 35.1 Å². The van der Waals surface area contributed by atoms with E-state index in [0.29, 0.717) is 5.82 Å². The van der Waals surface area contributed by atoms with Crippen LogP contribution in [0.2, 0.25) is 0 Å². The minimum Gasteiger partial charge on any atom is -0.309 e. The highest BCUT2D eigenvalue weighted by molar-refractivity contribution is 6.32. The van der Waals surface area contributed by atoms with Crippen molar-refractivity contribution in [1.29, 1.82) is 0 Å². The summed E-state index contributed by atoms with van der Waals surface area (Å²) < 4.78 is 4.87. The fourth-order valence-electron chi connectivity index (χ4n) is 9.83. The molecule has 0 aliphatic rings. The van der Waals surface area contributed by atoms with Gasteiger partial charge in [0.1, 0.15) is 0 Å². The first-order valence-corrected chi connectivity index (χ1v) is 20.5. The van der Waals surface area contributed by atoms with Gasteiger partial charge in [-0.25, -0.2) is 9.97 Å². The third-order valence-corrected chi connectivity index (χ3v) is 12.4. The van der Waals surface area contributed by atoms with Crippen molar-refractivity contribution >= 4 is 70.7 Å². The Hall–Kier alpha value is -8.08. The van der Waals surface area contributed by atoms with Crippen molar-refractivity contribution < 1.29 is 0 Å². The molecule has 4 heterocycles. The van der Waals surface area contributed by atoms with Gasteiger partial charge in [0.25, 0.3) is 0 Å². The molecule has 13 rings (SSSR count). The molecule has 0 amide bonds. The van der Waals surface area contributed by atoms with E-state index in [1.807, 2.05) is 6.07 Å². The van der Waals surface area contributed by atoms with E-state index < -0.39 is 0 Å². The van der Waals surface area contributed by atoms with Gasteiger partial charge < -0.3 is 8.97 Å². The van der Waals surface area contributed by atoms with E-state index in [0.717, 1.165) is 44.8 Å². The fraction of sp³-hybridized carbons (Fsp3) is 0. The van der Waals surface area contributed by atoms with Crippen LogP contribution in [0.15, 0.2) is 206 Å². The first-order valence-electron chi connectivity index (χ1n) is 20.5. The molecular formula is C56H34N4. The van der Waals surface area contributed by atoms with Gasteiger partial charge in [-0.3, -0.25) is 0 Å². The van der Waals surface area contributed by atoms with Crippen LogP contribution in [-0.2, 0) is 0 Å². The van der Waals surface area contributed by atoms with Crippen LogP contribution < -0.4 is 0 Å². The smallest absolute Gasteiger partial charge is 0.160 e. The van der Waals surface area contributed by atoms with Gasteiger partial charge in [-0.15, -0.1) is 0 Å². The Morgan fingerprint density at radius 2 is 0.867 bits per heavy atom. The molecule has 13 aromatic rings. The molecule has 0 N–H and O–H groups in total. The van der Waals surface area contributed by atoms with E-state index in [4.69, 9.17) is 9.97 Å². The summed E-state index contributed by atoms with van der Waals surface area (Å²) in [6.45, 7) is 0. The maximum Gasteiger partial charge on any atom is 0.160 e. The van der Waals surface area contributed by atoms with Crippen molar-refractivity contribution in [3.63, 3.8) is 0 Å². The summed E-state index contributed by atoms with van der Waals surface area (Å²) in [5.74, 6) is 0.686. The zero-order valence-electron chi connectivity index (χ0n) is 32.4. The highest BCUT2D eigenvalue weighted by Crippen LogP contribution is 2.45. The van der Waals surface area contributed by atoms with E-state index >= 15 is 0 Å². The minimum atomic E-state index is 0.686. The Kier molecular flexibility index (Phi) is 6.98. The summed E-state index contributed by atoms with van der Waals surface area (Å²) in [6.07, 6.45) is 0. The highest BCUT2D eigenvalue weighted by atomic mass is 15.0. The Morgan fingerprint density at radius 3 is 1.68 bits per heavy atom. The predicted octanol–water partition coefficient (Wildman–Crippen LogP) is 14.5. The van der Waals surface area contributed by atoms with Gasteiger partial charge in [-0.1, -0.05) is 158 Å². The molecule has 0 aliphatic heterocycles. The van der Waals surface area contributed by atoms with Gasteiger partial charge in [0.05, 0.1) is 39.0 Å². The molecule has 0 saturated heterocycles. The van der Waals surface area contributed by atoms with Crippen molar-refractivity contribution in [3.8, 4) is 50.7 Å². The quantitative estimate of drug-likeness (QED) is 0.175. The van der Waals surface area contributed by atoms with Crippen LogP contribution in [0.1, 0.15) is 0 Å². The Bertz CT molecular complexity index is 3820. The zero-order chi connectivity index (χ0) is 39.3. The molecule has 0 fully saturated rings. The molecule has 60 heavy (non-hydrogen) atoms. The molecule has 0 unspecified atom stereocenters. The number of hydrogen-bond acceptors (Lipinski definition) is 2. The SMILES string of the molecule is c1ccc(-c2cccc(-c3cc(-c4ccccc4)nc(-c4cccc(-n5c6ccccc6c6c7ccc8c(c7ccc65)c5cccc6c7ccccc7n8c65)c4)n3)c2)cc1. The summed E-state index contributed by atoms with van der Waals surface area (Å²) in [7, 11) is 0. The molecule has 278 valence electrons. The number of para-hydroxylation sites is 3. The van der Waals surface area contributed by atoms with Crippen LogP contribution in [0, 0.1) is 0 Å². The van der Waals surface area contributed by atoms with Gasteiger partial charge in [-0.2, -0.15) is 0 Å². The van der Waals surface area contributed by atoms with Crippen molar-refractivity contribution in [2.24, 2.45) is 0 Å². The van der Waals surface area contributed by atoms with Gasteiger partial charge in [-0.05, 0) is 70.4 Å². The minimum absolute atomic E-state index is 0.686. The Balaban J connectivity index is 1.01. The second kappa shape index (κ2) is 12.7. The lowest BCUT2D eigenvalue weighted by Gasteiger charge is -2.13. The number of benzene rings is 9. The molecule has 4 aromatic heterocycles. The molecule has 9 aromatic carbocycles. The number of aromatic nitrogens is 4. The molecule has 0 bridgehead atoms. The van der Waals surface area contributed by atoms with Crippen LogP contribution in [-0.4, -0.2) is 18.9 Å². The average molecular weight is 763 g/mol. The summed E-state index contributed by atoms with van der Waals surface area (Å²) >= 11 is 0. The third kappa shape index (κ3) is 4.79. The van der Waals surface area contributed by atoms with Crippen LogP contribution in [0.4, 0.5) is 0 Å². The molecule has 0 aliphatic carbocycles. The van der Waals surface area contributed by atoms with Crippen LogP contribution in [0.5, 0.6) is 0 Å². The van der Waals surface area contributed by atoms with E-state index in [9.17, 15) is 0 Å². The molecular weight excluding hydrogens is 729 g/mol. The Labute approximate surface area is 345 Å². The van der Waals surface area contributed by atoms with E-state index in [1.54, 1.807) is 0 Å². The van der Waals surface area contributed by atoms with Gasteiger partial charge in [0.15, 0.2) is 5.82 Å². The summed E-state index contributed by atoms with van der Waals surface area (Å²) in [4.78, 5) is 10.5. The van der Waals surface area contributed by atoms with Crippen molar-refractivity contribution in [2.45, 2.75) is 0 Å². The normalized spacial score (nSPS) is 12.0. The summed E-state index contributed by atoms with van der Waals surface area (Å²) in [5, 5.41) is 10.2. The Morgan fingerprint density at radius 1 is 0.300 bits per heavy atom. The summed E-state index contributed by atoms with van der Waals surface area (Å²) in [5.41, 5.74) is 14.3. The number of hydrogen-bond donors (Lipinski definition) is 0. The average Bonchev–Trinajstić information content (AvgIpc) is 3.98. The van der Waals surface area contributed by atoms with Crippen LogP contribution >= 0.6 is 0 Å². The lowest BCUT2D eigenvalue weighted by atomic mass is 9.98. The molecule has 4 heteroatoms. The van der Waals surface area contributed by atoms with Crippen molar-refractivity contribution in [2.75, 3.05) is 0 Å². The second-order valence-electron chi connectivity index (χ2n) is 15.7. The van der Waals surface area contributed by atoms with Gasteiger partial charge >= 0.3 is 0 Å². The second-order valence-corrected chi connectivity index (χ2v) is 15.7. The maximum absolute atomic E-state index is 5.28. The maximum atomic E-state index is 5.28. The zero-order valence-corrected chi connectivity index (χ0v) is 32.4. The fourth-order valence-corrected chi connectivity index (χ4v) is 9.83. The number of rotatable bonds is 5. The first kappa shape index (κ1) is 32.9. The van der Waals surface area contributed by atoms with E-state index in [2.05, 4.69) is 209 Å². The lowest BCUT2D eigenvalue weighted by Crippen LogP contribution is -1.98. The monoisotopic (exact) mass is 762 g/mol. The molecule has 4 nitrogen and oxygen atoms in total. The largest absolute Gasteiger partial charge is 0.309 e. The van der Waals surface area contributed by atoms with E-state index in [-0.39, 0.29) is 0 Å². The number of fused-ring (bicyclic) bond motifs is 12. The molecule has 0 saturated carbocycles. The summed E-state index contributed by atoms with van der Waals surface area (Å²) in [6, 6.07) is 74.1. The third-order valence-electron chi connectivity index (χ3n) is 12.4.